The summed E-state index contributed by atoms with van der Waals surface area (Å²) in [5.74, 6) is -2.90. The van der Waals surface area contributed by atoms with Gasteiger partial charge in [0.25, 0.3) is 0 Å². The van der Waals surface area contributed by atoms with Gasteiger partial charge in [0.2, 0.25) is 11.8 Å². The average molecular weight is 406 g/mol. The summed E-state index contributed by atoms with van der Waals surface area (Å²) < 4.78 is -0.568. The minimum atomic E-state index is -1.08. The Labute approximate surface area is 166 Å². The van der Waals surface area contributed by atoms with E-state index in [-0.39, 0.29) is 17.9 Å². The number of rotatable bonds is 7. The number of aliphatic carboxylic acids is 1. The number of nitrogens with zero attached hydrogens (tertiary/aromatic N) is 1. The van der Waals surface area contributed by atoms with Crippen LogP contribution in [0.25, 0.3) is 0 Å². The first kappa shape index (κ1) is 20.2. The van der Waals surface area contributed by atoms with Crippen molar-refractivity contribution in [3.05, 3.63) is 35.4 Å². The van der Waals surface area contributed by atoms with Crippen LogP contribution in [0.2, 0.25) is 0 Å². The van der Waals surface area contributed by atoms with Crippen molar-refractivity contribution in [1.82, 2.24) is 10.2 Å². The SMILES string of the molecule is CCC1(CC)S[C@H]2C(NC(=O)Cc3cccc(C(=O)O)c3)C(=O)N2C1C(=O)O. The summed E-state index contributed by atoms with van der Waals surface area (Å²) in [5.41, 5.74) is 0.613. The highest BCUT2D eigenvalue weighted by Gasteiger charge is 2.65. The number of aromatic carboxylic acids is 1. The third kappa shape index (κ3) is 3.23. The molecule has 2 heterocycles. The molecule has 2 saturated heterocycles. The van der Waals surface area contributed by atoms with Crippen LogP contribution >= 0.6 is 11.8 Å². The Bertz CT molecular complexity index is 837. The number of fused-ring (bicyclic) bond motifs is 1. The zero-order valence-electron chi connectivity index (χ0n) is 15.5. The number of benzene rings is 1. The van der Waals surface area contributed by atoms with Gasteiger partial charge in [-0.2, -0.15) is 0 Å². The van der Waals surface area contributed by atoms with E-state index in [9.17, 15) is 24.3 Å². The van der Waals surface area contributed by atoms with Crippen LogP contribution in [0.3, 0.4) is 0 Å². The molecule has 0 spiro atoms. The Morgan fingerprint density at radius 3 is 2.46 bits per heavy atom. The number of hydrogen-bond donors (Lipinski definition) is 3. The van der Waals surface area contributed by atoms with Crippen LogP contribution in [-0.2, 0) is 20.8 Å². The van der Waals surface area contributed by atoms with Crippen molar-refractivity contribution in [3.63, 3.8) is 0 Å². The minimum Gasteiger partial charge on any atom is -0.480 e. The van der Waals surface area contributed by atoms with E-state index in [4.69, 9.17) is 5.11 Å². The number of nitrogens with one attached hydrogen (secondary N) is 1. The Hall–Kier alpha value is -2.55. The molecule has 2 aliphatic rings. The molecule has 150 valence electrons. The second-order valence-electron chi connectivity index (χ2n) is 6.99. The maximum absolute atomic E-state index is 12.6. The Morgan fingerprint density at radius 1 is 1.21 bits per heavy atom. The van der Waals surface area contributed by atoms with E-state index >= 15 is 0 Å². The quantitative estimate of drug-likeness (QED) is 0.584. The monoisotopic (exact) mass is 406 g/mol. The molecule has 2 aliphatic heterocycles. The van der Waals surface area contributed by atoms with Gasteiger partial charge in [-0.05, 0) is 30.5 Å². The second-order valence-corrected chi connectivity index (χ2v) is 8.53. The zero-order valence-corrected chi connectivity index (χ0v) is 16.4. The van der Waals surface area contributed by atoms with Crippen molar-refractivity contribution in [2.45, 2.75) is 55.3 Å². The van der Waals surface area contributed by atoms with Crippen LogP contribution in [0.15, 0.2) is 24.3 Å². The van der Waals surface area contributed by atoms with Gasteiger partial charge < -0.3 is 20.4 Å². The lowest BCUT2D eigenvalue weighted by Gasteiger charge is -2.43. The summed E-state index contributed by atoms with van der Waals surface area (Å²) in [6.45, 7) is 3.82. The van der Waals surface area contributed by atoms with Gasteiger partial charge in [0.15, 0.2) is 0 Å². The number of carboxylic acids is 2. The first-order chi connectivity index (χ1) is 13.2. The van der Waals surface area contributed by atoms with Crippen molar-refractivity contribution in [1.29, 1.82) is 0 Å². The zero-order chi connectivity index (χ0) is 20.6. The summed E-state index contributed by atoms with van der Waals surface area (Å²) in [6, 6.07) is 4.40. The fraction of sp³-hybridized carbons (Fsp3) is 0.474. The summed E-state index contributed by atoms with van der Waals surface area (Å²) >= 11 is 1.44. The largest absolute Gasteiger partial charge is 0.480 e. The van der Waals surface area contributed by atoms with Crippen LogP contribution in [-0.4, -0.2) is 61.1 Å². The molecule has 9 heteroatoms. The first-order valence-electron chi connectivity index (χ1n) is 9.08. The van der Waals surface area contributed by atoms with E-state index in [1.807, 2.05) is 13.8 Å². The molecule has 2 unspecified atom stereocenters. The number of β-lactam (4-membered cyclic amide) rings is 1. The van der Waals surface area contributed by atoms with Crippen molar-refractivity contribution >= 4 is 35.5 Å². The smallest absolute Gasteiger partial charge is 0.335 e. The standard InChI is InChI=1S/C19H22N2O6S/c1-3-19(4-2)14(18(26)27)21-15(23)13(16(21)28-19)20-12(22)9-10-6-5-7-11(8-10)17(24)25/h5-8,13-14,16H,3-4,9H2,1-2H3,(H,20,22)(H,24,25)(H,26,27)/t13?,14?,16-/m0/s1. The molecule has 3 rings (SSSR count). The van der Waals surface area contributed by atoms with E-state index in [2.05, 4.69) is 5.32 Å². The van der Waals surface area contributed by atoms with Crippen LogP contribution in [0.4, 0.5) is 0 Å². The normalized spacial score (nSPS) is 25.0. The van der Waals surface area contributed by atoms with Gasteiger partial charge in [-0.1, -0.05) is 26.0 Å². The fourth-order valence-corrected chi connectivity index (χ4v) is 5.77. The molecule has 3 atom stereocenters. The minimum absolute atomic E-state index is 0.0582. The molecule has 28 heavy (non-hydrogen) atoms. The van der Waals surface area contributed by atoms with Gasteiger partial charge in [-0.25, -0.2) is 9.59 Å². The van der Waals surface area contributed by atoms with E-state index in [1.54, 1.807) is 12.1 Å². The lowest BCUT2D eigenvalue weighted by Crippen LogP contribution is -2.70. The Kier molecular flexibility index (Phi) is 5.38. The Balaban J connectivity index is 1.70. The van der Waals surface area contributed by atoms with E-state index < -0.39 is 40.1 Å². The van der Waals surface area contributed by atoms with E-state index in [0.29, 0.717) is 18.4 Å². The van der Waals surface area contributed by atoms with Gasteiger partial charge >= 0.3 is 11.9 Å². The first-order valence-corrected chi connectivity index (χ1v) is 9.96. The van der Waals surface area contributed by atoms with Crippen LogP contribution in [0.1, 0.15) is 42.6 Å². The van der Waals surface area contributed by atoms with Crippen molar-refractivity contribution in [2.24, 2.45) is 0 Å². The van der Waals surface area contributed by atoms with Crippen molar-refractivity contribution in [2.75, 3.05) is 0 Å². The van der Waals surface area contributed by atoms with Crippen molar-refractivity contribution < 1.29 is 29.4 Å². The topological polar surface area (TPSA) is 124 Å². The summed E-state index contributed by atoms with van der Waals surface area (Å²) in [5, 5.41) is 21.0. The lowest BCUT2D eigenvalue weighted by molar-refractivity contribution is -0.161. The second kappa shape index (κ2) is 7.46. The van der Waals surface area contributed by atoms with Gasteiger partial charge in [-0.3, -0.25) is 9.59 Å². The molecular weight excluding hydrogens is 384 g/mol. The van der Waals surface area contributed by atoms with E-state index in [1.165, 1.54) is 28.8 Å². The predicted molar refractivity (Wildman–Crippen MR) is 102 cm³/mol. The maximum atomic E-state index is 12.6. The number of amides is 2. The highest BCUT2D eigenvalue weighted by molar-refractivity contribution is 8.01. The van der Waals surface area contributed by atoms with Crippen LogP contribution in [0.5, 0.6) is 0 Å². The summed E-state index contributed by atoms with van der Waals surface area (Å²) in [6.07, 6.45) is 1.15. The molecule has 0 aliphatic carbocycles. The van der Waals surface area contributed by atoms with E-state index in [0.717, 1.165) is 0 Å². The molecule has 2 fully saturated rings. The summed E-state index contributed by atoms with van der Waals surface area (Å²) in [7, 11) is 0. The third-order valence-electron chi connectivity index (χ3n) is 5.50. The molecular formula is C19H22N2O6S. The van der Waals surface area contributed by atoms with Crippen LogP contribution < -0.4 is 5.32 Å². The van der Waals surface area contributed by atoms with Crippen LogP contribution in [0, 0.1) is 0 Å². The molecule has 1 aromatic carbocycles. The maximum Gasteiger partial charge on any atom is 0.335 e. The molecule has 3 N–H and O–H groups in total. The molecule has 0 saturated carbocycles. The molecule has 0 bridgehead atoms. The van der Waals surface area contributed by atoms with Gasteiger partial charge in [0.05, 0.1) is 12.0 Å². The molecule has 0 aromatic heterocycles. The number of hydrogen-bond acceptors (Lipinski definition) is 5. The molecule has 0 radical (unpaired) electrons. The predicted octanol–water partition coefficient (Wildman–Crippen LogP) is 1.34. The number of carbonyl (C=O) groups excluding carboxylic acids is 2. The number of carbonyl (C=O) groups is 4. The fourth-order valence-electron chi connectivity index (χ4n) is 3.95. The molecule has 1 aromatic rings. The lowest BCUT2D eigenvalue weighted by atomic mass is 9.89. The highest BCUT2D eigenvalue weighted by Crippen LogP contribution is 2.54. The van der Waals surface area contributed by atoms with Crippen molar-refractivity contribution in [3.8, 4) is 0 Å². The molecule has 2 amide bonds. The molecule has 8 nitrogen and oxygen atoms in total. The third-order valence-corrected chi connectivity index (χ3v) is 7.51. The number of carboxylic acid groups (broad SMARTS) is 2. The number of thioether (sulfide) groups is 1. The van der Waals surface area contributed by atoms with Gasteiger partial charge in [0.1, 0.15) is 17.5 Å². The summed E-state index contributed by atoms with van der Waals surface area (Å²) in [4.78, 5) is 49.2. The van der Waals surface area contributed by atoms with Gasteiger partial charge in [-0.15, -0.1) is 11.8 Å². The van der Waals surface area contributed by atoms with Gasteiger partial charge in [0, 0.05) is 4.75 Å². The Morgan fingerprint density at radius 2 is 1.89 bits per heavy atom. The highest BCUT2D eigenvalue weighted by atomic mass is 32.2. The average Bonchev–Trinajstić information content (AvgIpc) is 2.98.